The maximum Gasteiger partial charge on any atom is 0.268 e. The molecule has 40 heavy (non-hydrogen) atoms. The first kappa shape index (κ1) is 27.0. The molecule has 0 unspecified atom stereocenters. The van der Waals surface area contributed by atoms with Crippen molar-refractivity contribution in [2.45, 2.75) is 13.0 Å². The van der Waals surface area contributed by atoms with Crippen LogP contribution in [0.2, 0.25) is 0 Å². The minimum Gasteiger partial charge on any atom is -0.453 e. The van der Waals surface area contributed by atoms with Crippen molar-refractivity contribution in [2.24, 2.45) is 0 Å². The number of carbonyl (C=O) groups is 1. The average Bonchev–Trinajstić information content (AvgIpc) is 3.35. The summed E-state index contributed by atoms with van der Waals surface area (Å²) in [5.74, 6) is -1.50. The van der Waals surface area contributed by atoms with Crippen LogP contribution in [0.3, 0.4) is 0 Å². The van der Waals surface area contributed by atoms with E-state index in [9.17, 15) is 19.1 Å². The molecule has 1 amide bonds. The Labute approximate surface area is 233 Å². The lowest BCUT2D eigenvalue weighted by atomic mass is 10.2. The van der Waals surface area contributed by atoms with Crippen LogP contribution in [-0.4, -0.2) is 43.4 Å². The van der Waals surface area contributed by atoms with Gasteiger partial charge in [-0.3, -0.25) is 19.3 Å². The van der Waals surface area contributed by atoms with Gasteiger partial charge in [-0.2, -0.15) is 5.10 Å². The summed E-state index contributed by atoms with van der Waals surface area (Å²) in [5, 5.41) is 22.3. The number of ether oxygens (including phenoxy) is 1. The third-order valence-corrected chi connectivity index (χ3v) is 6.26. The first-order valence-corrected chi connectivity index (χ1v) is 12.7. The molecule has 1 atom stereocenters. The molecule has 0 fully saturated rings. The number of amides is 1. The summed E-state index contributed by atoms with van der Waals surface area (Å²) < 4.78 is 35.8. The molecule has 0 aliphatic rings. The Hall–Kier alpha value is -4.62. The molecule has 0 saturated heterocycles. The van der Waals surface area contributed by atoms with E-state index in [2.05, 4.69) is 41.7 Å². The number of carbonyl (C=O) groups excluding carboxylic acids is 1. The average molecular weight is 611 g/mol. The van der Waals surface area contributed by atoms with Gasteiger partial charge in [-0.15, -0.1) is 0 Å². The molecule has 5 aromatic rings. The van der Waals surface area contributed by atoms with Crippen molar-refractivity contribution in [3.05, 3.63) is 99.0 Å². The highest BCUT2D eigenvalue weighted by Gasteiger charge is 2.18. The van der Waals surface area contributed by atoms with E-state index in [1.165, 1.54) is 59.4 Å². The maximum atomic E-state index is 15.1. The molecule has 0 aliphatic carbocycles. The number of aromatic amines is 1. The number of pyridine rings is 2. The Bertz CT molecular complexity index is 1770. The molecule has 10 nitrogen and oxygen atoms in total. The number of H-pyrrole nitrogens is 1. The van der Waals surface area contributed by atoms with Crippen molar-refractivity contribution in [1.82, 2.24) is 19.7 Å². The third-order valence-electron chi connectivity index (χ3n) is 5.82. The number of hydrogen-bond donors (Lipinski definition) is 4. The summed E-state index contributed by atoms with van der Waals surface area (Å²) in [7, 11) is 0. The highest BCUT2D eigenvalue weighted by Crippen LogP contribution is 2.34. The standard InChI is InChI=1S/C27H21BrF2N6O4/c1-14(13-37)32-25-23-22(8-9-31-24(23)34-35-25)40-21-7-4-17(11-20(21)30)33-26(38)19-10-15(28)12-36(27(19)39)18-5-2-16(29)3-6-18/h2-12,14,37H,13H2,1H3,(H,33,38)(H2,31,32,34,35)/t14-/m1/s1. The zero-order valence-electron chi connectivity index (χ0n) is 20.8. The molecule has 0 aliphatic heterocycles. The van der Waals surface area contributed by atoms with Gasteiger partial charge in [0.05, 0.1) is 6.61 Å². The van der Waals surface area contributed by atoms with Crippen LogP contribution in [-0.2, 0) is 0 Å². The van der Waals surface area contributed by atoms with Gasteiger partial charge in [0, 0.05) is 46.4 Å². The van der Waals surface area contributed by atoms with E-state index in [-0.39, 0.29) is 35.4 Å². The number of aliphatic hydroxyl groups is 1. The maximum absolute atomic E-state index is 15.1. The Balaban J connectivity index is 1.38. The van der Waals surface area contributed by atoms with Crippen molar-refractivity contribution >= 4 is 44.4 Å². The minimum atomic E-state index is -0.776. The van der Waals surface area contributed by atoms with Gasteiger partial charge in [-0.1, -0.05) is 0 Å². The fraction of sp³-hybridized carbons (Fsp3) is 0.111. The number of aliphatic hydroxyl groups excluding tert-OH is 1. The zero-order chi connectivity index (χ0) is 28.4. The van der Waals surface area contributed by atoms with Crippen LogP contribution < -0.4 is 20.9 Å². The van der Waals surface area contributed by atoms with E-state index in [4.69, 9.17) is 4.74 Å². The topological polar surface area (TPSA) is 134 Å². The van der Waals surface area contributed by atoms with Crippen molar-refractivity contribution < 1.29 is 23.4 Å². The summed E-state index contributed by atoms with van der Waals surface area (Å²) in [6.07, 6.45) is 2.93. The summed E-state index contributed by atoms with van der Waals surface area (Å²) in [5.41, 5.74) is -0.00822. The van der Waals surface area contributed by atoms with E-state index < -0.39 is 23.1 Å². The smallest absolute Gasteiger partial charge is 0.268 e. The summed E-state index contributed by atoms with van der Waals surface area (Å²) in [6.45, 7) is 1.63. The highest BCUT2D eigenvalue weighted by atomic mass is 79.9. The Kier molecular flexibility index (Phi) is 7.58. The lowest BCUT2D eigenvalue weighted by molar-refractivity contribution is 0.102. The molecule has 0 spiro atoms. The molecule has 0 bridgehead atoms. The van der Waals surface area contributed by atoms with Crippen LogP contribution in [0.15, 0.2) is 76.3 Å². The number of nitrogens with zero attached hydrogens (tertiary/aromatic N) is 3. The van der Waals surface area contributed by atoms with Crippen LogP contribution in [0.25, 0.3) is 16.7 Å². The van der Waals surface area contributed by atoms with E-state index in [1.54, 1.807) is 13.0 Å². The normalized spacial score (nSPS) is 11.8. The molecule has 204 valence electrons. The second-order valence-electron chi connectivity index (χ2n) is 8.76. The van der Waals surface area contributed by atoms with Crippen LogP contribution in [0.4, 0.5) is 20.3 Å². The summed E-state index contributed by atoms with van der Waals surface area (Å²) >= 11 is 3.28. The predicted molar refractivity (Wildman–Crippen MR) is 148 cm³/mol. The van der Waals surface area contributed by atoms with Crippen LogP contribution in [0.5, 0.6) is 11.5 Å². The van der Waals surface area contributed by atoms with Crippen LogP contribution in [0.1, 0.15) is 17.3 Å². The second kappa shape index (κ2) is 11.2. The largest absolute Gasteiger partial charge is 0.453 e. The first-order chi connectivity index (χ1) is 19.2. The molecular formula is C27H21BrF2N6O4. The van der Waals surface area contributed by atoms with E-state index in [1.807, 2.05) is 0 Å². The molecule has 0 radical (unpaired) electrons. The number of nitrogens with one attached hydrogen (secondary N) is 3. The SMILES string of the molecule is C[C@H](CO)Nc1n[nH]c2nccc(Oc3ccc(NC(=O)c4cc(Br)cn(-c5ccc(F)cc5)c4=O)cc3F)c12. The molecule has 3 heterocycles. The predicted octanol–water partition coefficient (Wildman–Crippen LogP) is 4.99. The number of fused-ring (bicyclic) bond motifs is 1. The minimum absolute atomic E-state index is 0.0878. The van der Waals surface area contributed by atoms with E-state index in [0.29, 0.717) is 27.0 Å². The van der Waals surface area contributed by atoms with Gasteiger partial charge in [0.15, 0.2) is 23.0 Å². The molecule has 0 saturated carbocycles. The van der Waals surface area contributed by atoms with Gasteiger partial charge in [-0.25, -0.2) is 13.8 Å². The lowest BCUT2D eigenvalue weighted by Gasteiger charge is -2.13. The third kappa shape index (κ3) is 5.55. The Morgan fingerprint density at radius 1 is 1.15 bits per heavy atom. The van der Waals surface area contributed by atoms with E-state index >= 15 is 4.39 Å². The van der Waals surface area contributed by atoms with Crippen LogP contribution in [0, 0.1) is 11.6 Å². The van der Waals surface area contributed by atoms with Crippen molar-refractivity contribution in [3.8, 4) is 17.2 Å². The first-order valence-electron chi connectivity index (χ1n) is 11.9. The Morgan fingerprint density at radius 3 is 2.65 bits per heavy atom. The fourth-order valence-corrected chi connectivity index (χ4v) is 4.31. The number of rotatable bonds is 8. The lowest BCUT2D eigenvalue weighted by Crippen LogP contribution is -2.28. The number of hydrogen-bond acceptors (Lipinski definition) is 7. The number of anilines is 2. The molecular weight excluding hydrogens is 590 g/mol. The second-order valence-corrected chi connectivity index (χ2v) is 9.67. The number of halogens is 3. The van der Waals surface area contributed by atoms with Gasteiger partial charge in [0.1, 0.15) is 22.5 Å². The summed E-state index contributed by atoms with van der Waals surface area (Å²) in [4.78, 5) is 30.2. The molecule has 4 N–H and O–H groups in total. The molecule has 2 aromatic carbocycles. The molecule has 13 heteroatoms. The van der Waals surface area contributed by atoms with Gasteiger partial charge < -0.3 is 20.5 Å². The highest BCUT2D eigenvalue weighted by molar-refractivity contribution is 9.10. The monoisotopic (exact) mass is 610 g/mol. The number of aromatic nitrogens is 4. The van der Waals surface area contributed by atoms with Gasteiger partial charge in [-0.05, 0) is 65.3 Å². The quantitative estimate of drug-likeness (QED) is 0.194. The van der Waals surface area contributed by atoms with Gasteiger partial charge in [0.25, 0.3) is 11.5 Å². The number of benzene rings is 2. The van der Waals surface area contributed by atoms with Crippen molar-refractivity contribution in [3.63, 3.8) is 0 Å². The van der Waals surface area contributed by atoms with Crippen molar-refractivity contribution in [1.29, 1.82) is 0 Å². The zero-order valence-corrected chi connectivity index (χ0v) is 22.4. The summed E-state index contributed by atoms with van der Waals surface area (Å²) in [6, 6.07) is 11.6. The molecule has 5 rings (SSSR count). The van der Waals surface area contributed by atoms with Crippen LogP contribution >= 0.6 is 15.9 Å². The van der Waals surface area contributed by atoms with Crippen molar-refractivity contribution in [2.75, 3.05) is 17.2 Å². The van der Waals surface area contributed by atoms with E-state index in [0.717, 1.165) is 6.07 Å². The fourth-order valence-electron chi connectivity index (χ4n) is 3.87. The molecule has 3 aromatic heterocycles. The van der Waals surface area contributed by atoms with Gasteiger partial charge >= 0.3 is 0 Å². The van der Waals surface area contributed by atoms with Gasteiger partial charge in [0.2, 0.25) is 0 Å². The Morgan fingerprint density at radius 2 is 1.93 bits per heavy atom.